The second kappa shape index (κ2) is 4.63. The highest BCUT2D eigenvalue weighted by atomic mass is 79.9. The minimum Gasteiger partial charge on any atom is -0.371 e. The Bertz CT molecular complexity index is 563. The summed E-state index contributed by atoms with van der Waals surface area (Å²) < 4.78 is 0.880. The number of hydrogen-bond acceptors (Lipinski definition) is 3. The Morgan fingerprint density at radius 3 is 2.63 bits per heavy atom. The number of fused-ring (bicyclic) bond motifs is 1. The van der Waals surface area contributed by atoms with Crippen LogP contribution in [0.2, 0.25) is 0 Å². The fourth-order valence-corrected chi connectivity index (χ4v) is 3.24. The van der Waals surface area contributed by atoms with Crippen molar-refractivity contribution in [2.75, 3.05) is 23.3 Å². The van der Waals surface area contributed by atoms with E-state index in [0.717, 1.165) is 29.2 Å². The first-order valence-electron chi connectivity index (χ1n) is 6.50. The predicted molar refractivity (Wildman–Crippen MR) is 77.7 cm³/mol. The van der Waals surface area contributed by atoms with Crippen LogP contribution in [0.5, 0.6) is 0 Å². The van der Waals surface area contributed by atoms with Gasteiger partial charge in [-0.05, 0) is 46.8 Å². The van der Waals surface area contributed by atoms with E-state index in [1.165, 1.54) is 12.8 Å². The van der Waals surface area contributed by atoms with E-state index in [9.17, 15) is 9.59 Å². The van der Waals surface area contributed by atoms with Crippen molar-refractivity contribution in [2.45, 2.75) is 19.8 Å². The van der Waals surface area contributed by atoms with Gasteiger partial charge in [0, 0.05) is 17.6 Å². The van der Waals surface area contributed by atoms with Crippen LogP contribution in [0.25, 0.3) is 0 Å². The minimum absolute atomic E-state index is 0.450. The van der Waals surface area contributed by atoms with Gasteiger partial charge in [0.05, 0.1) is 16.9 Å². The molecule has 1 amide bonds. The van der Waals surface area contributed by atoms with Crippen LogP contribution in [-0.4, -0.2) is 24.8 Å². The molecule has 19 heavy (non-hydrogen) atoms. The second-order valence-corrected chi connectivity index (χ2v) is 6.16. The van der Waals surface area contributed by atoms with E-state index in [4.69, 9.17) is 0 Å². The molecule has 0 unspecified atom stereocenters. The summed E-state index contributed by atoms with van der Waals surface area (Å²) in [6.07, 6.45) is 2.35. The number of carbonyl (C=O) groups excluding carboxylic acids is 2. The lowest BCUT2D eigenvalue weighted by molar-refractivity contribution is -0.112. The first-order valence-corrected chi connectivity index (χ1v) is 7.29. The molecule has 0 radical (unpaired) electrons. The Balaban J connectivity index is 1.94. The Morgan fingerprint density at radius 1 is 1.26 bits per heavy atom. The molecule has 5 heteroatoms. The third kappa shape index (κ3) is 2.16. The lowest BCUT2D eigenvalue weighted by atomic mass is 9.98. The zero-order chi connectivity index (χ0) is 13.6. The minimum atomic E-state index is -0.536. The molecule has 0 bridgehead atoms. The lowest BCUT2D eigenvalue weighted by Crippen LogP contribution is -2.33. The van der Waals surface area contributed by atoms with Crippen molar-refractivity contribution in [3.8, 4) is 0 Å². The number of carbonyl (C=O) groups is 2. The maximum atomic E-state index is 11.6. The van der Waals surface area contributed by atoms with E-state index in [-0.39, 0.29) is 0 Å². The van der Waals surface area contributed by atoms with Crippen molar-refractivity contribution >= 4 is 39.0 Å². The summed E-state index contributed by atoms with van der Waals surface area (Å²) in [6.45, 7) is 4.30. The number of ketones is 1. The summed E-state index contributed by atoms with van der Waals surface area (Å²) in [7, 11) is 0. The van der Waals surface area contributed by atoms with Gasteiger partial charge in [0.2, 0.25) is 0 Å². The molecule has 100 valence electrons. The molecule has 1 aromatic rings. The highest BCUT2D eigenvalue weighted by Crippen LogP contribution is 2.36. The van der Waals surface area contributed by atoms with Gasteiger partial charge in [0.15, 0.2) is 0 Å². The number of nitrogens with one attached hydrogen (secondary N) is 1. The molecule has 1 fully saturated rings. The third-order valence-corrected chi connectivity index (χ3v) is 4.55. The van der Waals surface area contributed by atoms with Crippen molar-refractivity contribution in [1.29, 1.82) is 0 Å². The molecular weight excluding hydrogens is 308 g/mol. The Kier molecular flexibility index (Phi) is 3.09. The molecule has 3 rings (SSSR count). The Hall–Kier alpha value is -1.36. The highest BCUT2D eigenvalue weighted by Gasteiger charge is 2.30. The smallest absolute Gasteiger partial charge is 0.296 e. The second-order valence-electron chi connectivity index (χ2n) is 5.30. The van der Waals surface area contributed by atoms with Crippen molar-refractivity contribution in [1.82, 2.24) is 0 Å². The van der Waals surface area contributed by atoms with Crippen LogP contribution < -0.4 is 10.2 Å². The van der Waals surface area contributed by atoms with Crippen molar-refractivity contribution < 1.29 is 9.59 Å². The molecule has 1 N–H and O–H groups in total. The number of halogens is 1. The molecule has 1 saturated heterocycles. The topological polar surface area (TPSA) is 49.4 Å². The quantitative estimate of drug-likeness (QED) is 0.809. The van der Waals surface area contributed by atoms with E-state index in [1.54, 1.807) is 6.07 Å². The van der Waals surface area contributed by atoms with Crippen molar-refractivity contribution in [2.24, 2.45) is 5.92 Å². The molecule has 2 heterocycles. The first-order chi connectivity index (χ1) is 9.06. The number of rotatable bonds is 1. The maximum absolute atomic E-state index is 11.6. The molecule has 2 aliphatic rings. The summed E-state index contributed by atoms with van der Waals surface area (Å²) in [6, 6.07) is 3.65. The van der Waals surface area contributed by atoms with Gasteiger partial charge in [-0.25, -0.2) is 0 Å². The molecule has 0 aliphatic carbocycles. The lowest BCUT2D eigenvalue weighted by Gasteiger charge is -2.33. The zero-order valence-corrected chi connectivity index (χ0v) is 12.3. The Morgan fingerprint density at radius 2 is 1.95 bits per heavy atom. The van der Waals surface area contributed by atoms with Gasteiger partial charge in [-0.2, -0.15) is 0 Å². The molecule has 0 saturated carbocycles. The fourth-order valence-electron chi connectivity index (χ4n) is 2.65. The van der Waals surface area contributed by atoms with Crippen LogP contribution in [0.4, 0.5) is 11.4 Å². The predicted octanol–water partition coefficient (Wildman–Crippen LogP) is 2.82. The molecule has 4 nitrogen and oxygen atoms in total. The number of amides is 1. The Labute approximate surface area is 120 Å². The van der Waals surface area contributed by atoms with E-state index in [0.29, 0.717) is 11.3 Å². The van der Waals surface area contributed by atoms with E-state index in [2.05, 4.69) is 33.1 Å². The van der Waals surface area contributed by atoms with Crippen LogP contribution in [0.15, 0.2) is 16.6 Å². The number of anilines is 2. The normalized spacial score (nSPS) is 19.6. The van der Waals surface area contributed by atoms with Crippen molar-refractivity contribution in [3.05, 3.63) is 22.2 Å². The van der Waals surface area contributed by atoms with Gasteiger partial charge in [-0.3, -0.25) is 9.59 Å². The summed E-state index contributed by atoms with van der Waals surface area (Å²) in [5.74, 6) is -0.216. The van der Waals surface area contributed by atoms with Gasteiger partial charge in [0.1, 0.15) is 0 Å². The van der Waals surface area contributed by atoms with Crippen LogP contribution in [0.3, 0.4) is 0 Å². The first kappa shape index (κ1) is 12.7. The third-order valence-electron chi connectivity index (χ3n) is 3.91. The van der Waals surface area contributed by atoms with Crippen LogP contribution in [0.1, 0.15) is 30.1 Å². The molecule has 0 atom stereocenters. The molecule has 0 aromatic heterocycles. The number of benzene rings is 1. The van der Waals surface area contributed by atoms with Gasteiger partial charge < -0.3 is 10.2 Å². The summed E-state index contributed by atoms with van der Waals surface area (Å²) in [5, 5.41) is 2.63. The van der Waals surface area contributed by atoms with E-state index < -0.39 is 11.7 Å². The van der Waals surface area contributed by atoms with E-state index in [1.807, 2.05) is 6.07 Å². The molecule has 1 aromatic carbocycles. The number of hydrogen-bond donors (Lipinski definition) is 1. The van der Waals surface area contributed by atoms with Crippen LogP contribution >= 0.6 is 15.9 Å². The molecule has 2 aliphatic heterocycles. The number of Topliss-reactive ketones (excluding diaryl/α,β-unsaturated/α-hetero) is 1. The monoisotopic (exact) mass is 322 g/mol. The van der Waals surface area contributed by atoms with E-state index >= 15 is 0 Å². The maximum Gasteiger partial charge on any atom is 0.296 e. The molecule has 0 spiro atoms. The average molecular weight is 323 g/mol. The summed E-state index contributed by atoms with van der Waals surface area (Å²) >= 11 is 3.51. The summed E-state index contributed by atoms with van der Waals surface area (Å²) in [5.41, 5.74) is 2.15. The number of nitrogens with zero attached hydrogens (tertiary/aromatic N) is 1. The van der Waals surface area contributed by atoms with Crippen LogP contribution in [0, 0.1) is 5.92 Å². The van der Waals surface area contributed by atoms with Gasteiger partial charge >= 0.3 is 0 Å². The highest BCUT2D eigenvalue weighted by molar-refractivity contribution is 9.10. The van der Waals surface area contributed by atoms with Gasteiger partial charge in [-0.1, -0.05) is 6.92 Å². The van der Waals surface area contributed by atoms with Crippen LogP contribution in [-0.2, 0) is 4.79 Å². The summed E-state index contributed by atoms with van der Waals surface area (Å²) in [4.78, 5) is 25.3. The SMILES string of the molecule is CC1CCN(c2cc3c(cc2Br)C(=O)C(=O)N3)CC1. The zero-order valence-electron chi connectivity index (χ0n) is 10.7. The number of piperidine rings is 1. The fraction of sp³-hybridized carbons (Fsp3) is 0.429. The van der Waals surface area contributed by atoms with Gasteiger partial charge in [-0.15, -0.1) is 0 Å². The molecular formula is C14H15BrN2O2. The average Bonchev–Trinajstić information content (AvgIpc) is 2.66. The largest absolute Gasteiger partial charge is 0.371 e. The standard InChI is InChI=1S/C14H15BrN2O2/c1-8-2-4-17(5-3-8)12-7-11-9(6-10(12)15)13(18)14(19)16-11/h6-8H,2-5H2,1H3,(H,16,18,19). The van der Waals surface area contributed by atoms with Gasteiger partial charge in [0.25, 0.3) is 11.7 Å². The van der Waals surface area contributed by atoms with Crippen molar-refractivity contribution in [3.63, 3.8) is 0 Å².